The molecule has 1 aliphatic heterocycles. The van der Waals surface area contributed by atoms with E-state index in [2.05, 4.69) is 10.5 Å². The third-order valence-corrected chi connectivity index (χ3v) is 3.37. The summed E-state index contributed by atoms with van der Waals surface area (Å²) in [5, 5.41) is 6.29. The Hall–Kier alpha value is -1.07. The Kier molecular flexibility index (Phi) is 3.92. The van der Waals surface area contributed by atoms with Crippen LogP contribution in [0.4, 0.5) is 0 Å². The molecule has 1 aromatic rings. The number of carbonyl (C=O) groups is 1. The molecule has 1 unspecified atom stereocenters. The Bertz CT molecular complexity index is 425. The normalized spacial score (nSPS) is 20.4. The lowest BCUT2D eigenvalue weighted by molar-refractivity contribution is -0.124. The lowest BCUT2D eigenvalue weighted by atomic mass is 9.87. The molecule has 1 fully saturated rings. The predicted octanol–water partition coefficient (Wildman–Crippen LogP) is 1.73. The number of alkyl halides is 1. The highest BCUT2D eigenvalue weighted by Gasteiger charge is 2.40. The number of aromatic nitrogens is 1. The number of carbonyl (C=O) groups excluding carboxylic acids is 1. The Labute approximate surface area is 111 Å². The fourth-order valence-electron chi connectivity index (χ4n) is 2.08. The molecule has 1 atom stereocenters. The fourth-order valence-corrected chi connectivity index (χ4v) is 2.13. The number of ether oxygens (including phenoxy) is 1. The highest BCUT2D eigenvalue weighted by Crippen LogP contribution is 2.32. The number of nitrogens with one attached hydrogen (secondary N) is 1. The smallest absolute Gasteiger partial charge is 0.238 e. The van der Waals surface area contributed by atoms with Gasteiger partial charge in [-0.15, -0.1) is 11.6 Å². The Balaban J connectivity index is 2.25. The van der Waals surface area contributed by atoms with Crippen LogP contribution in [0.2, 0.25) is 0 Å². The molecule has 1 N–H and O–H groups in total. The van der Waals surface area contributed by atoms with Crippen molar-refractivity contribution in [3.63, 3.8) is 0 Å². The van der Waals surface area contributed by atoms with Gasteiger partial charge >= 0.3 is 0 Å². The first kappa shape index (κ1) is 13.4. The van der Waals surface area contributed by atoms with Crippen LogP contribution in [0.1, 0.15) is 31.2 Å². The first-order valence-electron chi connectivity index (χ1n) is 6.01. The van der Waals surface area contributed by atoms with Gasteiger partial charge in [-0.1, -0.05) is 5.16 Å². The average Bonchev–Trinajstić information content (AvgIpc) is 2.77. The molecule has 100 valence electrons. The van der Waals surface area contributed by atoms with Crippen molar-refractivity contribution < 1.29 is 14.1 Å². The van der Waals surface area contributed by atoms with E-state index in [1.165, 1.54) is 0 Å². The number of halogens is 1. The van der Waals surface area contributed by atoms with Gasteiger partial charge < -0.3 is 14.6 Å². The van der Waals surface area contributed by atoms with E-state index in [-0.39, 0.29) is 5.91 Å². The maximum absolute atomic E-state index is 11.9. The van der Waals surface area contributed by atoms with Crippen LogP contribution in [0.5, 0.6) is 0 Å². The Morgan fingerprint density at radius 1 is 1.56 bits per heavy atom. The molecule has 0 saturated carbocycles. The number of amides is 1. The first-order valence-corrected chi connectivity index (χ1v) is 6.45. The van der Waals surface area contributed by atoms with E-state index in [4.69, 9.17) is 20.9 Å². The van der Waals surface area contributed by atoms with E-state index in [1.807, 2.05) is 13.0 Å². The summed E-state index contributed by atoms with van der Waals surface area (Å²) in [6.07, 6.45) is 1.33. The molecule has 1 saturated heterocycles. The van der Waals surface area contributed by atoms with Crippen molar-refractivity contribution in [3.05, 3.63) is 17.5 Å². The number of nitrogens with zero attached hydrogens (tertiary/aromatic N) is 1. The molecule has 1 aliphatic rings. The molecular formula is C12H17ClN2O3. The molecule has 18 heavy (non-hydrogen) atoms. The first-order chi connectivity index (χ1) is 8.53. The van der Waals surface area contributed by atoms with Crippen LogP contribution >= 0.6 is 11.6 Å². The van der Waals surface area contributed by atoms with Crippen molar-refractivity contribution in [1.29, 1.82) is 0 Å². The number of aryl methyl sites for hydroxylation is 1. The van der Waals surface area contributed by atoms with E-state index < -0.39 is 10.9 Å². The molecule has 0 spiro atoms. The van der Waals surface area contributed by atoms with Gasteiger partial charge in [0, 0.05) is 32.1 Å². The van der Waals surface area contributed by atoms with Crippen molar-refractivity contribution in [2.24, 2.45) is 0 Å². The maximum Gasteiger partial charge on any atom is 0.238 e. The zero-order valence-electron chi connectivity index (χ0n) is 10.5. The SMILES string of the molecule is Cc1cc(C2(NC(=O)C(C)Cl)CCOCC2)on1. The second kappa shape index (κ2) is 5.28. The predicted molar refractivity (Wildman–Crippen MR) is 66.4 cm³/mol. The third kappa shape index (κ3) is 2.67. The van der Waals surface area contributed by atoms with Gasteiger partial charge in [-0.2, -0.15) is 0 Å². The van der Waals surface area contributed by atoms with Gasteiger partial charge in [0.2, 0.25) is 5.91 Å². The van der Waals surface area contributed by atoms with Crippen LogP contribution in [0.15, 0.2) is 10.6 Å². The van der Waals surface area contributed by atoms with Gasteiger partial charge in [-0.05, 0) is 13.8 Å². The number of rotatable bonds is 3. The number of hydrogen-bond acceptors (Lipinski definition) is 4. The van der Waals surface area contributed by atoms with Crippen molar-refractivity contribution in [2.45, 2.75) is 37.6 Å². The lowest BCUT2D eigenvalue weighted by Gasteiger charge is -2.36. The van der Waals surface area contributed by atoms with Crippen molar-refractivity contribution in [2.75, 3.05) is 13.2 Å². The minimum absolute atomic E-state index is 0.201. The molecule has 0 aliphatic carbocycles. The number of hydrogen-bond donors (Lipinski definition) is 1. The molecule has 0 radical (unpaired) electrons. The maximum atomic E-state index is 11.9. The van der Waals surface area contributed by atoms with Crippen LogP contribution in [0, 0.1) is 6.92 Å². The van der Waals surface area contributed by atoms with Gasteiger partial charge in [-0.3, -0.25) is 4.79 Å². The van der Waals surface area contributed by atoms with E-state index in [9.17, 15) is 4.79 Å². The second-order valence-corrected chi connectivity index (χ2v) is 5.29. The van der Waals surface area contributed by atoms with Gasteiger partial charge in [0.25, 0.3) is 0 Å². The van der Waals surface area contributed by atoms with Crippen molar-refractivity contribution in [3.8, 4) is 0 Å². The summed E-state index contributed by atoms with van der Waals surface area (Å²) < 4.78 is 10.7. The summed E-state index contributed by atoms with van der Waals surface area (Å²) in [4.78, 5) is 11.9. The molecule has 6 heteroatoms. The van der Waals surface area contributed by atoms with Crippen molar-refractivity contribution in [1.82, 2.24) is 10.5 Å². The topological polar surface area (TPSA) is 64.4 Å². The van der Waals surface area contributed by atoms with E-state index in [0.29, 0.717) is 31.8 Å². The highest BCUT2D eigenvalue weighted by molar-refractivity contribution is 6.30. The fraction of sp³-hybridized carbons (Fsp3) is 0.667. The summed E-state index contributed by atoms with van der Waals surface area (Å²) in [6, 6.07) is 1.85. The van der Waals surface area contributed by atoms with Crippen LogP contribution < -0.4 is 5.32 Å². The van der Waals surface area contributed by atoms with Crippen LogP contribution in [-0.2, 0) is 15.1 Å². The van der Waals surface area contributed by atoms with E-state index >= 15 is 0 Å². The highest BCUT2D eigenvalue weighted by atomic mass is 35.5. The Morgan fingerprint density at radius 3 is 2.72 bits per heavy atom. The summed E-state index contributed by atoms with van der Waals surface area (Å²) >= 11 is 5.81. The molecular weight excluding hydrogens is 256 g/mol. The van der Waals surface area contributed by atoms with Crippen molar-refractivity contribution >= 4 is 17.5 Å². The molecule has 1 aromatic heterocycles. The standard InChI is InChI=1S/C12H17ClN2O3/c1-8-7-10(18-15-8)12(3-5-17-6-4-12)14-11(16)9(2)13/h7,9H,3-6H2,1-2H3,(H,14,16). The summed E-state index contributed by atoms with van der Waals surface area (Å²) in [6.45, 7) is 4.66. The Morgan fingerprint density at radius 2 is 2.22 bits per heavy atom. The average molecular weight is 273 g/mol. The molecule has 2 rings (SSSR count). The lowest BCUT2D eigenvalue weighted by Crippen LogP contribution is -2.51. The molecule has 2 heterocycles. The van der Waals surface area contributed by atoms with Gasteiger partial charge in [0.15, 0.2) is 5.76 Å². The third-order valence-electron chi connectivity index (χ3n) is 3.17. The van der Waals surface area contributed by atoms with E-state index in [0.717, 1.165) is 5.69 Å². The molecule has 0 bridgehead atoms. The van der Waals surface area contributed by atoms with Gasteiger partial charge in [0.1, 0.15) is 10.9 Å². The zero-order valence-corrected chi connectivity index (χ0v) is 11.3. The summed E-state index contributed by atoms with van der Waals surface area (Å²) in [5.41, 5.74) is 0.253. The minimum Gasteiger partial charge on any atom is -0.381 e. The quantitative estimate of drug-likeness (QED) is 0.851. The minimum atomic E-state index is -0.575. The van der Waals surface area contributed by atoms with Crippen LogP contribution in [0.25, 0.3) is 0 Å². The molecule has 1 amide bonds. The monoisotopic (exact) mass is 272 g/mol. The summed E-state index contributed by atoms with van der Waals surface area (Å²) in [7, 11) is 0. The van der Waals surface area contributed by atoms with Gasteiger partial charge in [0.05, 0.1) is 5.69 Å². The largest absolute Gasteiger partial charge is 0.381 e. The van der Waals surface area contributed by atoms with E-state index in [1.54, 1.807) is 6.92 Å². The zero-order chi connectivity index (χ0) is 13.2. The van der Waals surface area contributed by atoms with Crippen LogP contribution in [-0.4, -0.2) is 29.7 Å². The molecule has 0 aromatic carbocycles. The second-order valence-electron chi connectivity index (χ2n) is 4.63. The van der Waals surface area contributed by atoms with Gasteiger partial charge in [-0.25, -0.2) is 0 Å². The summed E-state index contributed by atoms with van der Waals surface area (Å²) in [5.74, 6) is 0.474. The molecule has 5 nitrogen and oxygen atoms in total. The van der Waals surface area contributed by atoms with Crippen LogP contribution in [0.3, 0.4) is 0 Å².